The first-order valence-electron chi connectivity index (χ1n) is 7.97. The van der Waals surface area contributed by atoms with Crippen LogP contribution in [0.1, 0.15) is 25.0 Å². The highest BCUT2D eigenvalue weighted by molar-refractivity contribution is 5.43. The van der Waals surface area contributed by atoms with E-state index in [-0.39, 0.29) is 37.9 Å². The molecule has 0 amide bonds. The van der Waals surface area contributed by atoms with Crippen LogP contribution in [-0.4, -0.2) is 36.6 Å². The zero-order valence-corrected chi connectivity index (χ0v) is 14.3. The number of ether oxygens (including phenoxy) is 2. The van der Waals surface area contributed by atoms with Gasteiger partial charge in [0.2, 0.25) is 0 Å². The van der Waals surface area contributed by atoms with E-state index in [4.69, 9.17) is 19.7 Å². The summed E-state index contributed by atoms with van der Waals surface area (Å²) in [4.78, 5) is 0. The Labute approximate surface area is 145 Å². The van der Waals surface area contributed by atoms with Crippen LogP contribution in [0.2, 0.25) is 0 Å². The fraction of sp³-hybridized carbons (Fsp3) is 0.368. The summed E-state index contributed by atoms with van der Waals surface area (Å²) in [5, 5.41) is 17.5. The highest BCUT2D eigenvalue weighted by atomic mass is 19.1. The maximum atomic E-state index is 14.2. The molecule has 25 heavy (non-hydrogen) atoms. The Balaban J connectivity index is 2.28. The standard InChI is InChI=1S/C19H22F2O4/c1-19(2,13-3-5-17(15(20)11-13)24-9-7-22)14-4-6-18(16(21)12-14)25-10-8-23/h3-6,11-12,22-23H,7-10H2,1-2H3. The van der Waals surface area contributed by atoms with Gasteiger partial charge in [-0.3, -0.25) is 0 Å². The molecule has 2 rings (SSSR count). The minimum atomic E-state index is -0.646. The van der Waals surface area contributed by atoms with Crippen LogP contribution in [0.3, 0.4) is 0 Å². The van der Waals surface area contributed by atoms with Gasteiger partial charge in [-0.1, -0.05) is 26.0 Å². The number of aliphatic hydroxyl groups excluding tert-OH is 2. The Kier molecular flexibility index (Phi) is 6.33. The summed E-state index contributed by atoms with van der Waals surface area (Å²) in [6, 6.07) is 9.11. The van der Waals surface area contributed by atoms with Crippen molar-refractivity contribution in [3.63, 3.8) is 0 Å². The molecule has 2 N–H and O–H groups in total. The SMILES string of the molecule is CC(C)(c1ccc(OCCO)c(F)c1)c1ccc(OCCO)c(F)c1. The maximum Gasteiger partial charge on any atom is 0.165 e. The fourth-order valence-electron chi connectivity index (χ4n) is 2.49. The van der Waals surface area contributed by atoms with Gasteiger partial charge in [0.25, 0.3) is 0 Å². The number of hydrogen-bond donors (Lipinski definition) is 2. The molecule has 0 spiro atoms. The Morgan fingerprint density at radius 2 is 1.20 bits per heavy atom. The van der Waals surface area contributed by atoms with E-state index >= 15 is 0 Å². The summed E-state index contributed by atoms with van der Waals surface area (Å²) >= 11 is 0. The van der Waals surface area contributed by atoms with Gasteiger partial charge in [0.1, 0.15) is 13.2 Å². The first-order chi connectivity index (χ1) is 11.9. The van der Waals surface area contributed by atoms with Gasteiger partial charge in [0.05, 0.1) is 13.2 Å². The maximum absolute atomic E-state index is 14.2. The third kappa shape index (κ3) is 4.46. The van der Waals surface area contributed by atoms with Crippen molar-refractivity contribution in [2.24, 2.45) is 0 Å². The lowest BCUT2D eigenvalue weighted by Gasteiger charge is -2.27. The molecule has 0 saturated heterocycles. The smallest absolute Gasteiger partial charge is 0.165 e. The summed E-state index contributed by atoms with van der Waals surface area (Å²) in [5.74, 6) is -0.954. The molecule has 6 heteroatoms. The molecule has 0 radical (unpaired) electrons. The fourth-order valence-corrected chi connectivity index (χ4v) is 2.49. The van der Waals surface area contributed by atoms with Crippen LogP contribution in [0.5, 0.6) is 11.5 Å². The normalized spacial score (nSPS) is 11.4. The predicted molar refractivity (Wildman–Crippen MR) is 90.1 cm³/mol. The molecule has 0 aromatic heterocycles. The lowest BCUT2D eigenvalue weighted by Crippen LogP contribution is -2.20. The lowest BCUT2D eigenvalue weighted by atomic mass is 9.78. The molecule has 2 aromatic carbocycles. The van der Waals surface area contributed by atoms with Crippen molar-refractivity contribution >= 4 is 0 Å². The van der Waals surface area contributed by atoms with Crippen LogP contribution in [0.15, 0.2) is 36.4 Å². The zero-order chi connectivity index (χ0) is 18.4. The summed E-state index contributed by atoms with van der Waals surface area (Å²) in [5.41, 5.74) is 0.668. The Bertz CT molecular complexity index is 657. The number of halogens is 2. The van der Waals surface area contributed by atoms with Crippen molar-refractivity contribution in [1.82, 2.24) is 0 Å². The first-order valence-corrected chi connectivity index (χ1v) is 7.97. The second-order valence-electron chi connectivity index (χ2n) is 6.06. The van der Waals surface area contributed by atoms with Gasteiger partial charge < -0.3 is 19.7 Å². The molecule has 2 aromatic rings. The van der Waals surface area contributed by atoms with Gasteiger partial charge >= 0.3 is 0 Å². The quantitative estimate of drug-likeness (QED) is 0.767. The van der Waals surface area contributed by atoms with Crippen LogP contribution in [0.25, 0.3) is 0 Å². The Morgan fingerprint density at radius 1 is 0.800 bits per heavy atom. The van der Waals surface area contributed by atoms with Crippen LogP contribution in [0, 0.1) is 11.6 Å². The highest BCUT2D eigenvalue weighted by Crippen LogP contribution is 2.35. The van der Waals surface area contributed by atoms with E-state index in [2.05, 4.69) is 0 Å². The minimum Gasteiger partial charge on any atom is -0.488 e. The Hall–Kier alpha value is -2.18. The van der Waals surface area contributed by atoms with Crippen LogP contribution < -0.4 is 9.47 Å². The number of rotatable bonds is 8. The summed E-state index contributed by atoms with van der Waals surface area (Å²) < 4.78 is 38.6. The van der Waals surface area contributed by atoms with Crippen LogP contribution in [-0.2, 0) is 5.41 Å². The molecule has 0 saturated carbocycles. The van der Waals surface area contributed by atoms with Crippen molar-refractivity contribution in [3.05, 3.63) is 59.2 Å². The van der Waals surface area contributed by atoms with Crippen molar-refractivity contribution in [2.75, 3.05) is 26.4 Å². The number of benzene rings is 2. The van der Waals surface area contributed by atoms with E-state index < -0.39 is 17.0 Å². The summed E-state index contributed by atoms with van der Waals surface area (Å²) in [6.45, 7) is 3.35. The molecular formula is C19H22F2O4. The van der Waals surface area contributed by atoms with Gasteiger partial charge in [-0.15, -0.1) is 0 Å². The molecule has 0 heterocycles. The van der Waals surface area contributed by atoms with Gasteiger partial charge in [0.15, 0.2) is 23.1 Å². The highest BCUT2D eigenvalue weighted by Gasteiger charge is 2.25. The molecule has 0 aliphatic heterocycles. The molecule has 0 fully saturated rings. The molecule has 0 aliphatic rings. The largest absolute Gasteiger partial charge is 0.488 e. The van der Waals surface area contributed by atoms with Gasteiger partial charge in [-0.2, -0.15) is 0 Å². The molecule has 0 unspecified atom stereocenters. The van der Waals surface area contributed by atoms with Crippen molar-refractivity contribution in [1.29, 1.82) is 0 Å². The van der Waals surface area contributed by atoms with Gasteiger partial charge in [0, 0.05) is 5.41 Å². The molecule has 0 bridgehead atoms. The molecular weight excluding hydrogens is 330 g/mol. The lowest BCUT2D eigenvalue weighted by molar-refractivity contribution is 0.196. The Morgan fingerprint density at radius 3 is 1.52 bits per heavy atom. The summed E-state index contributed by atoms with van der Waals surface area (Å²) in [7, 11) is 0. The zero-order valence-electron chi connectivity index (χ0n) is 14.3. The van der Waals surface area contributed by atoms with Gasteiger partial charge in [-0.05, 0) is 35.4 Å². The second kappa shape index (κ2) is 8.27. The molecule has 0 aliphatic carbocycles. The predicted octanol–water partition coefficient (Wildman–Crippen LogP) is 3.03. The second-order valence-corrected chi connectivity index (χ2v) is 6.06. The van der Waals surface area contributed by atoms with Gasteiger partial charge in [-0.25, -0.2) is 8.78 Å². The van der Waals surface area contributed by atoms with Crippen molar-refractivity contribution in [2.45, 2.75) is 19.3 Å². The monoisotopic (exact) mass is 352 g/mol. The average Bonchev–Trinajstić information content (AvgIpc) is 2.59. The summed E-state index contributed by atoms with van der Waals surface area (Å²) in [6.07, 6.45) is 0. The number of hydrogen-bond acceptors (Lipinski definition) is 4. The topological polar surface area (TPSA) is 58.9 Å². The first kappa shape index (κ1) is 19.1. The van der Waals surface area contributed by atoms with Crippen molar-refractivity contribution in [3.8, 4) is 11.5 Å². The third-order valence-electron chi connectivity index (χ3n) is 4.00. The van der Waals surface area contributed by atoms with E-state index in [1.165, 1.54) is 24.3 Å². The van der Waals surface area contributed by atoms with Crippen molar-refractivity contribution < 1.29 is 28.5 Å². The van der Waals surface area contributed by atoms with E-state index in [1.807, 2.05) is 13.8 Å². The van der Waals surface area contributed by atoms with E-state index in [0.29, 0.717) is 11.1 Å². The molecule has 136 valence electrons. The third-order valence-corrected chi connectivity index (χ3v) is 4.00. The number of aliphatic hydroxyl groups is 2. The van der Waals surface area contributed by atoms with Crippen LogP contribution >= 0.6 is 0 Å². The van der Waals surface area contributed by atoms with E-state index in [1.54, 1.807) is 12.1 Å². The van der Waals surface area contributed by atoms with E-state index in [9.17, 15) is 8.78 Å². The molecule has 0 atom stereocenters. The van der Waals surface area contributed by atoms with E-state index in [0.717, 1.165) is 0 Å². The molecule has 4 nitrogen and oxygen atoms in total. The average molecular weight is 352 g/mol. The van der Waals surface area contributed by atoms with Crippen LogP contribution in [0.4, 0.5) is 8.78 Å². The minimum absolute atomic E-state index is 0.0141.